The van der Waals surface area contributed by atoms with Gasteiger partial charge in [-0.1, -0.05) is 51.5 Å². The van der Waals surface area contributed by atoms with Crippen molar-refractivity contribution in [2.75, 3.05) is 13.1 Å². The minimum absolute atomic E-state index is 1.11. The second-order valence-electron chi connectivity index (χ2n) is 4.26. The van der Waals surface area contributed by atoms with Gasteiger partial charge in [0.25, 0.3) is 0 Å². The van der Waals surface area contributed by atoms with Gasteiger partial charge in [0, 0.05) is 0 Å². The van der Waals surface area contributed by atoms with E-state index in [0.29, 0.717) is 0 Å². The van der Waals surface area contributed by atoms with Gasteiger partial charge in [0.1, 0.15) is 0 Å². The molecule has 1 N–H and O–H groups in total. The lowest BCUT2D eigenvalue weighted by atomic mass is 10.1. The summed E-state index contributed by atoms with van der Waals surface area (Å²) in [4.78, 5) is 0. The molecule has 0 unspecified atom stereocenters. The number of hydrogen-bond acceptors (Lipinski definition) is 1. The predicted octanol–water partition coefficient (Wildman–Crippen LogP) is 4.29. The first-order chi connectivity index (χ1) is 7.41. The molecule has 90 valence electrons. The highest BCUT2D eigenvalue weighted by Crippen LogP contribution is 2.09. The van der Waals surface area contributed by atoms with Crippen molar-refractivity contribution in [3.63, 3.8) is 0 Å². The smallest absolute Gasteiger partial charge is 0.00490 e. The maximum atomic E-state index is 3.74. The molecular weight excluding hydrogens is 182 g/mol. The van der Waals surface area contributed by atoms with Crippen molar-refractivity contribution in [1.29, 1.82) is 0 Å². The maximum Gasteiger partial charge on any atom is -0.00490 e. The minimum Gasteiger partial charge on any atom is -0.317 e. The summed E-state index contributed by atoms with van der Waals surface area (Å²) in [5, 5.41) is 3.36. The van der Waals surface area contributed by atoms with E-state index in [1.54, 1.807) is 0 Å². The molecule has 0 heterocycles. The lowest BCUT2D eigenvalue weighted by Crippen LogP contribution is -2.13. The van der Waals surface area contributed by atoms with Gasteiger partial charge in [-0.25, -0.2) is 0 Å². The number of nitrogens with one attached hydrogen (secondary N) is 1. The Bertz CT molecular complexity index is 121. The van der Waals surface area contributed by atoms with E-state index in [1.807, 2.05) is 6.08 Å². The van der Waals surface area contributed by atoms with Crippen molar-refractivity contribution in [2.24, 2.45) is 0 Å². The van der Waals surface area contributed by atoms with Gasteiger partial charge >= 0.3 is 0 Å². The Morgan fingerprint density at radius 1 is 0.867 bits per heavy atom. The van der Waals surface area contributed by atoms with Gasteiger partial charge in [0.05, 0.1) is 0 Å². The van der Waals surface area contributed by atoms with Crippen molar-refractivity contribution in [1.82, 2.24) is 5.32 Å². The van der Waals surface area contributed by atoms with Crippen molar-refractivity contribution >= 4 is 0 Å². The second kappa shape index (κ2) is 13.7. The van der Waals surface area contributed by atoms with E-state index in [1.165, 1.54) is 64.3 Å². The van der Waals surface area contributed by atoms with Gasteiger partial charge in [-0.3, -0.25) is 0 Å². The van der Waals surface area contributed by atoms with E-state index < -0.39 is 0 Å². The molecule has 15 heavy (non-hydrogen) atoms. The Labute approximate surface area is 96.3 Å². The molecule has 0 aromatic rings. The molecule has 0 aromatic carbocycles. The zero-order valence-corrected chi connectivity index (χ0v) is 10.6. The second-order valence-corrected chi connectivity index (χ2v) is 4.26. The highest BCUT2D eigenvalue weighted by molar-refractivity contribution is 4.65. The first-order valence-corrected chi connectivity index (χ1v) is 6.73. The predicted molar refractivity (Wildman–Crippen MR) is 70.3 cm³/mol. The van der Waals surface area contributed by atoms with Crippen LogP contribution in [0.15, 0.2) is 12.7 Å². The molecule has 0 amide bonds. The standard InChI is InChI=1S/C14H29N/c1-3-5-6-7-8-9-10-11-12-13-14-15-4-2/h3,15H,1,4-14H2,2H3. The quantitative estimate of drug-likeness (QED) is 0.375. The third kappa shape index (κ3) is 13.7. The molecule has 0 bridgehead atoms. The van der Waals surface area contributed by atoms with Crippen LogP contribution in [0.3, 0.4) is 0 Å². The summed E-state index contributed by atoms with van der Waals surface area (Å²) >= 11 is 0. The van der Waals surface area contributed by atoms with Crippen LogP contribution in [0, 0.1) is 0 Å². The summed E-state index contributed by atoms with van der Waals surface area (Å²) in [5.41, 5.74) is 0. The average molecular weight is 211 g/mol. The third-order valence-corrected chi connectivity index (χ3v) is 2.76. The summed E-state index contributed by atoms with van der Waals surface area (Å²) in [6.07, 6.45) is 14.4. The minimum atomic E-state index is 1.11. The van der Waals surface area contributed by atoms with E-state index in [9.17, 15) is 0 Å². The molecule has 0 spiro atoms. The zero-order valence-electron chi connectivity index (χ0n) is 10.6. The summed E-state index contributed by atoms with van der Waals surface area (Å²) in [5.74, 6) is 0. The molecule has 0 atom stereocenters. The Balaban J connectivity index is 2.83. The van der Waals surface area contributed by atoms with Crippen LogP contribution in [0.2, 0.25) is 0 Å². The van der Waals surface area contributed by atoms with Gasteiger partial charge < -0.3 is 5.32 Å². The first kappa shape index (κ1) is 14.7. The van der Waals surface area contributed by atoms with Crippen LogP contribution < -0.4 is 5.32 Å². The van der Waals surface area contributed by atoms with Crippen molar-refractivity contribution < 1.29 is 0 Å². The van der Waals surface area contributed by atoms with E-state index in [0.717, 1.165) is 6.54 Å². The average Bonchev–Trinajstić information content (AvgIpc) is 2.26. The van der Waals surface area contributed by atoms with Crippen LogP contribution in [0.1, 0.15) is 64.7 Å². The molecular formula is C14H29N. The fraction of sp³-hybridized carbons (Fsp3) is 0.857. The SMILES string of the molecule is C=CCCCCCCCCCCNCC. The van der Waals surface area contributed by atoms with E-state index >= 15 is 0 Å². The molecule has 0 aromatic heterocycles. The summed E-state index contributed by atoms with van der Waals surface area (Å²) in [6, 6.07) is 0. The fourth-order valence-electron chi connectivity index (χ4n) is 1.78. The van der Waals surface area contributed by atoms with Crippen molar-refractivity contribution in [3.05, 3.63) is 12.7 Å². The zero-order chi connectivity index (χ0) is 11.2. The molecule has 1 heteroatoms. The number of rotatable bonds is 12. The van der Waals surface area contributed by atoms with Crippen LogP contribution in [-0.2, 0) is 0 Å². The van der Waals surface area contributed by atoms with E-state index in [4.69, 9.17) is 0 Å². The highest BCUT2D eigenvalue weighted by atomic mass is 14.8. The van der Waals surface area contributed by atoms with Gasteiger partial charge in [0.15, 0.2) is 0 Å². The van der Waals surface area contributed by atoms with Crippen LogP contribution in [0.25, 0.3) is 0 Å². The Hall–Kier alpha value is -0.300. The van der Waals surface area contributed by atoms with Gasteiger partial charge in [-0.2, -0.15) is 0 Å². The number of unbranched alkanes of at least 4 members (excludes halogenated alkanes) is 8. The van der Waals surface area contributed by atoms with Gasteiger partial charge in [0.2, 0.25) is 0 Å². The Kier molecular flexibility index (Phi) is 13.4. The third-order valence-electron chi connectivity index (χ3n) is 2.76. The van der Waals surface area contributed by atoms with Crippen LogP contribution in [-0.4, -0.2) is 13.1 Å². The number of allylic oxidation sites excluding steroid dienone is 1. The summed E-state index contributed by atoms with van der Waals surface area (Å²) < 4.78 is 0. The van der Waals surface area contributed by atoms with Crippen molar-refractivity contribution in [3.8, 4) is 0 Å². The lowest BCUT2D eigenvalue weighted by molar-refractivity contribution is 0.556. The normalized spacial score (nSPS) is 10.5. The Morgan fingerprint density at radius 3 is 1.93 bits per heavy atom. The van der Waals surface area contributed by atoms with Crippen LogP contribution >= 0.6 is 0 Å². The number of hydrogen-bond donors (Lipinski definition) is 1. The molecule has 0 radical (unpaired) electrons. The lowest BCUT2D eigenvalue weighted by Gasteiger charge is -2.02. The topological polar surface area (TPSA) is 12.0 Å². The van der Waals surface area contributed by atoms with Gasteiger partial charge in [-0.15, -0.1) is 6.58 Å². The molecule has 0 aliphatic heterocycles. The van der Waals surface area contributed by atoms with Crippen LogP contribution in [0.5, 0.6) is 0 Å². The van der Waals surface area contributed by atoms with Gasteiger partial charge in [-0.05, 0) is 32.4 Å². The Morgan fingerprint density at radius 2 is 1.40 bits per heavy atom. The molecule has 1 nitrogen and oxygen atoms in total. The first-order valence-electron chi connectivity index (χ1n) is 6.73. The molecule has 0 saturated heterocycles. The van der Waals surface area contributed by atoms with Crippen LogP contribution in [0.4, 0.5) is 0 Å². The summed E-state index contributed by atoms with van der Waals surface area (Å²) in [7, 11) is 0. The summed E-state index contributed by atoms with van der Waals surface area (Å²) in [6.45, 7) is 8.23. The molecule has 0 rings (SSSR count). The van der Waals surface area contributed by atoms with Crippen molar-refractivity contribution in [2.45, 2.75) is 64.7 Å². The van der Waals surface area contributed by atoms with E-state index in [-0.39, 0.29) is 0 Å². The monoisotopic (exact) mass is 211 g/mol. The van der Waals surface area contributed by atoms with E-state index in [2.05, 4.69) is 18.8 Å². The molecule has 0 fully saturated rings. The largest absolute Gasteiger partial charge is 0.317 e. The highest BCUT2D eigenvalue weighted by Gasteiger charge is 1.91. The molecule has 0 aliphatic rings. The maximum absolute atomic E-state index is 3.74. The molecule has 0 saturated carbocycles. The molecule has 0 aliphatic carbocycles. The fourth-order valence-corrected chi connectivity index (χ4v) is 1.78.